The molecule has 1 saturated heterocycles. The van der Waals surface area contributed by atoms with Gasteiger partial charge in [-0.15, -0.1) is 0 Å². The Kier molecular flexibility index (Phi) is 7.16. The lowest BCUT2D eigenvalue weighted by Crippen LogP contribution is -2.16. The maximum atomic E-state index is 13.8. The fourth-order valence-corrected chi connectivity index (χ4v) is 2.52. The number of ether oxygens (including phenoxy) is 1. The number of nitrogens with one attached hydrogen (secondary N) is 2. The molecule has 2 N–H and O–H groups in total. The van der Waals surface area contributed by atoms with Gasteiger partial charge < -0.3 is 15.5 Å². The first-order chi connectivity index (χ1) is 9.58. The molecule has 1 aliphatic heterocycles. The van der Waals surface area contributed by atoms with Crippen LogP contribution in [0.15, 0.2) is 16.6 Å². The molecule has 1 aliphatic rings. The van der Waals surface area contributed by atoms with Gasteiger partial charge >= 0.3 is 0 Å². The third-order valence-corrected chi connectivity index (χ3v) is 3.49. The van der Waals surface area contributed by atoms with Crippen LogP contribution in [0.1, 0.15) is 32.8 Å². The summed E-state index contributed by atoms with van der Waals surface area (Å²) >= 11 is 3.27. The van der Waals surface area contributed by atoms with E-state index in [9.17, 15) is 4.39 Å². The zero-order valence-electron chi connectivity index (χ0n) is 12.2. The van der Waals surface area contributed by atoms with E-state index in [2.05, 4.69) is 21.2 Å². The van der Waals surface area contributed by atoms with Crippen molar-refractivity contribution in [3.63, 3.8) is 0 Å². The Morgan fingerprint density at radius 3 is 2.75 bits per heavy atom. The molecular formula is C15H22BrFN2O. The summed E-state index contributed by atoms with van der Waals surface area (Å²) in [6.45, 7) is 7.89. The highest BCUT2D eigenvalue weighted by molar-refractivity contribution is 9.10. The predicted molar refractivity (Wildman–Crippen MR) is 85.4 cm³/mol. The molecule has 112 valence electrons. The zero-order valence-corrected chi connectivity index (χ0v) is 13.8. The van der Waals surface area contributed by atoms with Crippen LogP contribution in [0, 0.1) is 17.1 Å². The lowest BCUT2D eigenvalue weighted by molar-refractivity contribution is 0.187. The van der Waals surface area contributed by atoms with E-state index >= 15 is 0 Å². The van der Waals surface area contributed by atoms with Gasteiger partial charge in [0.25, 0.3) is 0 Å². The number of hydrogen-bond acceptors (Lipinski definition) is 3. The largest absolute Gasteiger partial charge is 0.384 e. The van der Waals surface area contributed by atoms with Crippen LogP contribution in [-0.2, 0) is 4.74 Å². The Balaban J connectivity index is 0.000000956. The van der Waals surface area contributed by atoms with Gasteiger partial charge in [-0.3, -0.25) is 0 Å². The first-order valence-electron chi connectivity index (χ1n) is 6.94. The number of benzene rings is 1. The normalized spacial score (nSPS) is 17.4. The van der Waals surface area contributed by atoms with Crippen molar-refractivity contribution in [2.24, 2.45) is 5.92 Å². The second-order valence-corrected chi connectivity index (χ2v) is 5.46. The highest BCUT2D eigenvalue weighted by Gasteiger charge is 2.17. The third kappa shape index (κ3) is 4.56. The smallest absolute Gasteiger partial charge is 0.135 e. The van der Waals surface area contributed by atoms with Gasteiger partial charge in [-0.25, -0.2) is 4.39 Å². The zero-order chi connectivity index (χ0) is 15.1. The Morgan fingerprint density at radius 1 is 1.50 bits per heavy atom. The molecule has 20 heavy (non-hydrogen) atoms. The molecule has 0 radical (unpaired) electrons. The second-order valence-electron chi connectivity index (χ2n) is 4.55. The van der Waals surface area contributed by atoms with Gasteiger partial charge in [-0.1, -0.05) is 29.8 Å². The van der Waals surface area contributed by atoms with E-state index in [0.29, 0.717) is 21.6 Å². The van der Waals surface area contributed by atoms with Gasteiger partial charge in [-0.05, 0) is 25.5 Å². The van der Waals surface area contributed by atoms with Crippen LogP contribution in [0.3, 0.4) is 0 Å². The molecule has 5 heteroatoms. The summed E-state index contributed by atoms with van der Waals surface area (Å²) in [5.41, 5.74) is 1.24. The predicted octanol–water partition coefficient (Wildman–Crippen LogP) is 4.45. The Morgan fingerprint density at radius 2 is 2.20 bits per heavy atom. The van der Waals surface area contributed by atoms with Crippen molar-refractivity contribution in [3.8, 4) is 0 Å². The molecule has 1 atom stereocenters. The highest BCUT2D eigenvalue weighted by Crippen LogP contribution is 2.26. The van der Waals surface area contributed by atoms with E-state index in [-0.39, 0.29) is 11.5 Å². The van der Waals surface area contributed by atoms with Crippen LogP contribution in [-0.4, -0.2) is 25.5 Å². The molecule has 1 heterocycles. The van der Waals surface area contributed by atoms with Crippen molar-refractivity contribution in [3.05, 3.63) is 28.0 Å². The fourth-order valence-electron chi connectivity index (χ4n) is 2.09. The molecule has 1 fully saturated rings. The summed E-state index contributed by atoms with van der Waals surface area (Å²) in [4.78, 5) is 0. The van der Waals surface area contributed by atoms with Crippen molar-refractivity contribution in [2.75, 3.05) is 25.1 Å². The minimum Gasteiger partial charge on any atom is -0.384 e. The maximum absolute atomic E-state index is 13.8. The molecule has 0 aromatic heterocycles. The van der Waals surface area contributed by atoms with Crippen LogP contribution >= 0.6 is 15.9 Å². The summed E-state index contributed by atoms with van der Waals surface area (Å²) in [6, 6.07) is 3.20. The quantitative estimate of drug-likeness (QED) is 0.792. The van der Waals surface area contributed by atoms with Gasteiger partial charge in [-0.2, -0.15) is 0 Å². The van der Waals surface area contributed by atoms with Crippen LogP contribution in [0.5, 0.6) is 0 Å². The molecular weight excluding hydrogens is 323 g/mol. The highest BCUT2D eigenvalue weighted by atomic mass is 79.9. The van der Waals surface area contributed by atoms with Gasteiger partial charge in [0.2, 0.25) is 0 Å². The molecule has 1 aromatic carbocycles. The topological polar surface area (TPSA) is 45.1 Å². The third-order valence-electron chi connectivity index (χ3n) is 3.04. The molecule has 1 aromatic rings. The Hall–Kier alpha value is -0.940. The lowest BCUT2D eigenvalue weighted by atomic mass is 10.1. The van der Waals surface area contributed by atoms with Crippen molar-refractivity contribution < 1.29 is 9.13 Å². The number of halogens is 2. The van der Waals surface area contributed by atoms with E-state index in [4.69, 9.17) is 10.1 Å². The Bertz CT molecular complexity index is 459. The van der Waals surface area contributed by atoms with Crippen LogP contribution in [0.4, 0.5) is 10.1 Å². The molecule has 0 spiro atoms. The summed E-state index contributed by atoms with van der Waals surface area (Å²) in [5.74, 6) is 0.0907. The van der Waals surface area contributed by atoms with Crippen molar-refractivity contribution in [1.82, 2.24) is 0 Å². The van der Waals surface area contributed by atoms with E-state index < -0.39 is 0 Å². The molecule has 0 aliphatic carbocycles. The minimum absolute atomic E-state index is 0.227. The summed E-state index contributed by atoms with van der Waals surface area (Å²) in [7, 11) is 0. The number of rotatable bonds is 4. The molecule has 0 bridgehead atoms. The van der Waals surface area contributed by atoms with Gasteiger partial charge in [0.05, 0.1) is 12.2 Å². The monoisotopic (exact) mass is 344 g/mol. The van der Waals surface area contributed by atoms with E-state index in [1.165, 1.54) is 6.07 Å². The number of hydrogen-bond donors (Lipinski definition) is 2. The molecule has 0 amide bonds. The van der Waals surface area contributed by atoms with Crippen molar-refractivity contribution in [2.45, 2.75) is 27.2 Å². The van der Waals surface area contributed by atoms with Gasteiger partial charge in [0, 0.05) is 34.9 Å². The van der Waals surface area contributed by atoms with Crippen LogP contribution in [0.2, 0.25) is 0 Å². The average molecular weight is 345 g/mol. The average Bonchev–Trinajstić information content (AvgIpc) is 2.90. The summed E-state index contributed by atoms with van der Waals surface area (Å²) in [5, 5.41) is 10.9. The Labute approximate surface area is 128 Å². The van der Waals surface area contributed by atoms with E-state index in [1.54, 1.807) is 6.92 Å². The fraction of sp³-hybridized carbons (Fsp3) is 0.533. The number of anilines is 1. The van der Waals surface area contributed by atoms with Gasteiger partial charge in [0.15, 0.2) is 0 Å². The summed E-state index contributed by atoms with van der Waals surface area (Å²) < 4.78 is 19.8. The second kappa shape index (κ2) is 8.37. The molecule has 1 unspecified atom stereocenters. The first-order valence-corrected chi connectivity index (χ1v) is 7.73. The molecule has 3 nitrogen and oxygen atoms in total. The van der Waals surface area contributed by atoms with Crippen molar-refractivity contribution in [1.29, 1.82) is 5.41 Å². The van der Waals surface area contributed by atoms with Crippen LogP contribution < -0.4 is 5.32 Å². The van der Waals surface area contributed by atoms with E-state index in [1.807, 2.05) is 19.9 Å². The van der Waals surface area contributed by atoms with Gasteiger partial charge in [0.1, 0.15) is 5.82 Å². The van der Waals surface area contributed by atoms with Crippen LogP contribution in [0.25, 0.3) is 0 Å². The van der Waals surface area contributed by atoms with Crippen molar-refractivity contribution >= 4 is 27.3 Å². The lowest BCUT2D eigenvalue weighted by Gasteiger charge is -2.15. The first kappa shape index (κ1) is 17.1. The molecule has 2 rings (SSSR count). The summed E-state index contributed by atoms with van der Waals surface area (Å²) in [6.07, 6.45) is 1.03. The molecule has 0 saturated carbocycles. The maximum Gasteiger partial charge on any atom is 0.135 e. The minimum atomic E-state index is -0.373. The van der Waals surface area contributed by atoms with E-state index in [0.717, 1.165) is 26.2 Å². The standard InChI is InChI=1S/C13H16BrFN2O.C2H6/c1-8(16)13-11(15)4-10(14)5-12(13)17-6-9-2-3-18-7-9;1-2/h4-5,9,16-17H,2-3,6-7H2,1H3;1-2H3. The SMILES string of the molecule is CC.CC(=N)c1c(F)cc(Br)cc1NCC1CCOC1.